The zero-order chi connectivity index (χ0) is 16.3. The molecule has 0 fully saturated rings. The van der Waals surface area contributed by atoms with Crippen molar-refractivity contribution < 1.29 is 4.79 Å². The molecule has 1 atom stereocenters. The van der Waals surface area contributed by atoms with Crippen LogP contribution in [0.25, 0.3) is 11.1 Å². The van der Waals surface area contributed by atoms with Gasteiger partial charge >= 0.3 is 0 Å². The third-order valence-corrected chi connectivity index (χ3v) is 5.54. The Morgan fingerprint density at radius 2 is 1.42 bits per heavy atom. The second-order valence-electron chi connectivity index (χ2n) is 6.67. The first-order valence-corrected chi connectivity index (χ1v) is 8.29. The molecule has 1 aliphatic carbocycles. The van der Waals surface area contributed by atoms with Crippen molar-refractivity contribution in [2.75, 3.05) is 11.9 Å². The van der Waals surface area contributed by atoms with Crippen LogP contribution in [0.4, 0.5) is 5.69 Å². The molecule has 3 aromatic rings. The average molecular weight is 311 g/mol. The molecule has 2 heteroatoms. The zero-order valence-electron chi connectivity index (χ0n) is 13.5. The van der Waals surface area contributed by atoms with Gasteiger partial charge in [-0.15, -0.1) is 0 Å². The Bertz CT molecular complexity index is 991. The first kappa shape index (κ1) is 13.6. The largest absolute Gasteiger partial charge is 0.314 e. The molecule has 0 N–H and O–H groups in total. The Kier molecular flexibility index (Phi) is 2.58. The molecular weight excluding hydrogens is 294 g/mol. The van der Waals surface area contributed by atoms with Gasteiger partial charge in [-0.05, 0) is 40.3 Å². The molecule has 2 nitrogen and oxygen atoms in total. The number of nitrogens with zero attached hydrogens (tertiary/aromatic N) is 1. The summed E-state index contributed by atoms with van der Waals surface area (Å²) in [4.78, 5) is 15.3. The number of rotatable bonds is 0. The van der Waals surface area contributed by atoms with Crippen LogP contribution in [0.15, 0.2) is 72.8 Å². The van der Waals surface area contributed by atoms with Crippen molar-refractivity contribution in [1.82, 2.24) is 0 Å². The molecule has 0 aromatic heterocycles. The highest BCUT2D eigenvalue weighted by atomic mass is 16.2. The summed E-state index contributed by atoms with van der Waals surface area (Å²) in [6, 6.07) is 25.0. The van der Waals surface area contributed by atoms with E-state index in [1.165, 1.54) is 16.7 Å². The molecule has 3 aromatic carbocycles. The van der Waals surface area contributed by atoms with E-state index in [2.05, 4.69) is 48.5 Å². The summed E-state index contributed by atoms with van der Waals surface area (Å²) in [5.41, 5.74) is 6.35. The fourth-order valence-corrected chi connectivity index (χ4v) is 4.48. The van der Waals surface area contributed by atoms with Gasteiger partial charge in [-0.1, -0.05) is 66.7 Å². The number of benzene rings is 3. The molecule has 0 radical (unpaired) electrons. The minimum absolute atomic E-state index is 0.172. The fourth-order valence-electron chi connectivity index (χ4n) is 4.48. The van der Waals surface area contributed by atoms with Crippen molar-refractivity contribution in [2.24, 2.45) is 0 Å². The molecule has 2 aliphatic rings. The number of carbonyl (C=O) groups excluding carboxylic acids is 1. The lowest BCUT2D eigenvalue weighted by molar-refractivity contribution is -0.121. The monoisotopic (exact) mass is 311 g/mol. The number of fused-ring (bicyclic) bond motifs is 6. The Labute approximate surface area is 141 Å². The van der Waals surface area contributed by atoms with Crippen molar-refractivity contribution in [1.29, 1.82) is 0 Å². The number of carbonyl (C=O) groups is 1. The summed E-state index contributed by atoms with van der Waals surface area (Å²) in [5, 5.41) is 0. The predicted molar refractivity (Wildman–Crippen MR) is 96.2 cm³/mol. The smallest absolute Gasteiger partial charge is 0.242 e. The summed E-state index contributed by atoms with van der Waals surface area (Å²) in [6.45, 7) is 0. The van der Waals surface area contributed by atoms with E-state index in [1.54, 1.807) is 0 Å². The van der Waals surface area contributed by atoms with Crippen LogP contribution in [0.2, 0.25) is 0 Å². The molecular formula is C22H17NO. The van der Waals surface area contributed by atoms with Gasteiger partial charge in [0.15, 0.2) is 0 Å². The Morgan fingerprint density at radius 1 is 0.792 bits per heavy atom. The highest BCUT2D eigenvalue weighted by molar-refractivity contribution is 6.12. The summed E-state index contributed by atoms with van der Waals surface area (Å²) in [6.07, 6.45) is 0.723. The van der Waals surface area contributed by atoms with Crippen LogP contribution >= 0.6 is 0 Å². The van der Waals surface area contributed by atoms with Gasteiger partial charge < -0.3 is 4.90 Å². The third kappa shape index (κ3) is 1.48. The maximum Gasteiger partial charge on any atom is 0.242 e. The Hall–Kier alpha value is -2.87. The van der Waals surface area contributed by atoms with Gasteiger partial charge in [-0.3, -0.25) is 4.79 Å². The SMILES string of the molecule is CN1C(=O)C2(Cc3ccccc3-c3ccccc32)c2ccccc21. The van der Waals surface area contributed by atoms with Crippen molar-refractivity contribution >= 4 is 11.6 Å². The van der Waals surface area contributed by atoms with Crippen LogP contribution in [-0.2, 0) is 16.6 Å². The lowest BCUT2D eigenvalue weighted by Gasteiger charge is -2.36. The van der Waals surface area contributed by atoms with Gasteiger partial charge in [0.2, 0.25) is 5.91 Å². The van der Waals surface area contributed by atoms with Crippen LogP contribution in [0, 0.1) is 0 Å². The summed E-state index contributed by atoms with van der Waals surface area (Å²) in [5.74, 6) is 0.172. The van der Waals surface area contributed by atoms with E-state index in [-0.39, 0.29) is 5.91 Å². The number of para-hydroxylation sites is 1. The topological polar surface area (TPSA) is 20.3 Å². The highest BCUT2D eigenvalue weighted by Crippen LogP contribution is 2.53. The molecule has 5 rings (SSSR count). The van der Waals surface area contributed by atoms with Crippen molar-refractivity contribution in [2.45, 2.75) is 11.8 Å². The van der Waals surface area contributed by atoms with Crippen molar-refractivity contribution in [3.8, 4) is 11.1 Å². The van der Waals surface area contributed by atoms with Gasteiger partial charge in [0, 0.05) is 12.7 Å². The molecule has 1 unspecified atom stereocenters. The van der Waals surface area contributed by atoms with Crippen molar-refractivity contribution in [3.63, 3.8) is 0 Å². The lowest BCUT2D eigenvalue weighted by atomic mass is 9.65. The summed E-state index contributed by atoms with van der Waals surface area (Å²) in [7, 11) is 1.89. The van der Waals surface area contributed by atoms with Gasteiger partial charge in [0.25, 0.3) is 0 Å². The van der Waals surface area contributed by atoms with E-state index in [9.17, 15) is 4.79 Å². The Morgan fingerprint density at radius 3 is 2.25 bits per heavy atom. The average Bonchev–Trinajstić information content (AvgIpc) is 2.85. The molecule has 116 valence electrons. The van der Waals surface area contributed by atoms with Gasteiger partial charge in [0.1, 0.15) is 5.41 Å². The van der Waals surface area contributed by atoms with E-state index >= 15 is 0 Å². The molecule has 1 aliphatic heterocycles. The second kappa shape index (κ2) is 4.57. The maximum absolute atomic E-state index is 13.4. The van der Waals surface area contributed by atoms with Crippen LogP contribution in [0.1, 0.15) is 16.7 Å². The second-order valence-corrected chi connectivity index (χ2v) is 6.67. The van der Waals surface area contributed by atoms with Gasteiger partial charge in [-0.25, -0.2) is 0 Å². The Balaban J connectivity index is 1.90. The number of amides is 1. The van der Waals surface area contributed by atoms with Crippen LogP contribution in [0.3, 0.4) is 0 Å². The zero-order valence-corrected chi connectivity index (χ0v) is 13.5. The van der Waals surface area contributed by atoms with Crippen LogP contribution in [0.5, 0.6) is 0 Å². The first-order chi connectivity index (χ1) is 11.7. The van der Waals surface area contributed by atoms with E-state index in [0.717, 1.165) is 23.2 Å². The van der Waals surface area contributed by atoms with E-state index in [4.69, 9.17) is 0 Å². The lowest BCUT2D eigenvalue weighted by Crippen LogP contribution is -2.43. The first-order valence-electron chi connectivity index (χ1n) is 8.29. The maximum atomic E-state index is 13.4. The minimum atomic E-state index is -0.601. The quantitative estimate of drug-likeness (QED) is 0.610. The molecule has 0 saturated heterocycles. The summed E-state index contributed by atoms with van der Waals surface area (Å²) >= 11 is 0. The van der Waals surface area contributed by atoms with Gasteiger partial charge in [-0.2, -0.15) is 0 Å². The van der Waals surface area contributed by atoms with Crippen molar-refractivity contribution in [3.05, 3.63) is 89.5 Å². The molecule has 0 bridgehead atoms. The summed E-state index contributed by atoms with van der Waals surface area (Å²) < 4.78 is 0. The standard InChI is InChI=1S/C22H17NO/c1-23-20-13-7-6-12-19(20)22(21(23)24)14-15-8-2-3-9-16(15)17-10-4-5-11-18(17)22/h2-13H,14H2,1H3. The van der Waals surface area contributed by atoms with E-state index in [1.807, 2.05) is 36.2 Å². The highest BCUT2D eigenvalue weighted by Gasteiger charge is 2.53. The number of hydrogen-bond donors (Lipinski definition) is 0. The van der Waals surface area contributed by atoms with Crippen LogP contribution < -0.4 is 4.90 Å². The fraction of sp³-hybridized carbons (Fsp3) is 0.136. The minimum Gasteiger partial charge on any atom is -0.314 e. The molecule has 1 heterocycles. The molecule has 24 heavy (non-hydrogen) atoms. The number of hydrogen-bond acceptors (Lipinski definition) is 1. The normalized spacial score (nSPS) is 20.7. The van der Waals surface area contributed by atoms with E-state index in [0.29, 0.717) is 0 Å². The van der Waals surface area contributed by atoms with Gasteiger partial charge in [0.05, 0.1) is 0 Å². The number of anilines is 1. The molecule has 1 amide bonds. The third-order valence-electron chi connectivity index (χ3n) is 5.54. The molecule has 1 spiro atoms. The predicted octanol–water partition coefficient (Wildman–Crippen LogP) is 4.17. The molecule has 0 saturated carbocycles. The van der Waals surface area contributed by atoms with Crippen LogP contribution in [-0.4, -0.2) is 13.0 Å². The van der Waals surface area contributed by atoms with E-state index < -0.39 is 5.41 Å². The number of likely N-dealkylation sites (N-methyl/N-ethyl adjacent to an activating group) is 1.